The van der Waals surface area contributed by atoms with Crippen molar-refractivity contribution in [1.29, 1.82) is 0 Å². The summed E-state index contributed by atoms with van der Waals surface area (Å²) in [4.78, 5) is 12.8. The topological polar surface area (TPSA) is 38.3 Å². The first kappa shape index (κ1) is 15.1. The van der Waals surface area contributed by atoms with Gasteiger partial charge in [0.1, 0.15) is 5.75 Å². The van der Waals surface area contributed by atoms with Gasteiger partial charge in [-0.1, -0.05) is 60.7 Å². The summed E-state index contributed by atoms with van der Waals surface area (Å²) in [6, 6.07) is 21.5. The maximum Gasteiger partial charge on any atom is 0.256 e. The Kier molecular flexibility index (Phi) is 4.29. The average Bonchev–Trinajstić information content (AvgIpc) is 2.61. The van der Waals surface area contributed by atoms with Gasteiger partial charge < -0.3 is 10.1 Å². The Balaban J connectivity index is 1.97. The number of nitrogens with one attached hydrogen (secondary N) is 1. The van der Waals surface area contributed by atoms with Crippen LogP contribution in [0.1, 0.15) is 28.9 Å². The lowest BCUT2D eigenvalue weighted by Crippen LogP contribution is -2.27. The summed E-state index contributed by atoms with van der Waals surface area (Å²) in [6.07, 6.45) is 0. The van der Waals surface area contributed by atoms with E-state index in [1.165, 1.54) is 0 Å². The summed E-state index contributed by atoms with van der Waals surface area (Å²) < 4.78 is 5.40. The molecular weight excluding hydrogens is 286 g/mol. The zero-order valence-electron chi connectivity index (χ0n) is 13.2. The molecule has 0 spiro atoms. The number of carbonyl (C=O) groups excluding carboxylic acids is 1. The molecule has 23 heavy (non-hydrogen) atoms. The molecule has 0 unspecified atom stereocenters. The van der Waals surface area contributed by atoms with Crippen molar-refractivity contribution in [2.45, 2.75) is 13.0 Å². The van der Waals surface area contributed by atoms with Crippen molar-refractivity contribution in [3.63, 3.8) is 0 Å². The standard InChI is InChI=1S/C20H19NO2/c1-14(15-8-4-3-5-9-15)21-20(22)19-17-11-7-6-10-16(17)12-13-18(19)23-2/h3-14H,1-2H3,(H,21,22)/t14-/m1/s1. The number of hydrogen-bond acceptors (Lipinski definition) is 2. The van der Waals surface area contributed by atoms with Crippen molar-refractivity contribution in [3.05, 3.63) is 77.9 Å². The fourth-order valence-corrected chi connectivity index (χ4v) is 2.75. The molecule has 0 aliphatic heterocycles. The lowest BCUT2D eigenvalue weighted by molar-refractivity contribution is 0.0938. The molecule has 0 saturated carbocycles. The van der Waals surface area contributed by atoms with Crippen LogP contribution in [0.4, 0.5) is 0 Å². The molecule has 1 N–H and O–H groups in total. The first-order chi connectivity index (χ1) is 11.2. The van der Waals surface area contributed by atoms with Crippen LogP contribution in [0.15, 0.2) is 66.7 Å². The maximum atomic E-state index is 12.8. The normalized spacial score (nSPS) is 11.9. The van der Waals surface area contributed by atoms with Gasteiger partial charge in [-0.3, -0.25) is 4.79 Å². The zero-order chi connectivity index (χ0) is 16.2. The highest BCUT2D eigenvalue weighted by Crippen LogP contribution is 2.28. The van der Waals surface area contributed by atoms with Crippen molar-refractivity contribution in [2.75, 3.05) is 7.11 Å². The number of methoxy groups -OCH3 is 1. The summed E-state index contributed by atoms with van der Waals surface area (Å²) >= 11 is 0. The number of benzene rings is 3. The Bertz CT molecular complexity index is 827. The number of carbonyl (C=O) groups is 1. The van der Waals surface area contributed by atoms with E-state index in [2.05, 4.69) is 5.32 Å². The molecule has 1 amide bonds. The van der Waals surface area contributed by atoms with Gasteiger partial charge in [0.25, 0.3) is 5.91 Å². The molecule has 3 aromatic carbocycles. The van der Waals surface area contributed by atoms with Gasteiger partial charge >= 0.3 is 0 Å². The predicted molar refractivity (Wildman–Crippen MR) is 92.8 cm³/mol. The molecule has 0 bridgehead atoms. The Morgan fingerprint density at radius 2 is 1.65 bits per heavy atom. The highest BCUT2D eigenvalue weighted by atomic mass is 16.5. The molecule has 116 valence electrons. The predicted octanol–water partition coefficient (Wildman–Crippen LogP) is 4.34. The third kappa shape index (κ3) is 3.04. The molecule has 3 aromatic rings. The van der Waals surface area contributed by atoms with Gasteiger partial charge in [0.2, 0.25) is 0 Å². The molecule has 1 atom stereocenters. The lowest BCUT2D eigenvalue weighted by Gasteiger charge is -2.17. The second-order valence-corrected chi connectivity index (χ2v) is 5.47. The van der Waals surface area contributed by atoms with E-state index in [0.717, 1.165) is 16.3 Å². The summed E-state index contributed by atoms with van der Waals surface area (Å²) in [7, 11) is 1.58. The fourth-order valence-electron chi connectivity index (χ4n) is 2.75. The van der Waals surface area contributed by atoms with Gasteiger partial charge in [-0.25, -0.2) is 0 Å². The molecule has 0 fully saturated rings. The minimum atomic E-state index is -0.130. The smallest absolute Gasteiger partial charge is 0.256 e. The van der Waals surface area contributed by atoms with Crippen LogP contribution < -0.4 is 10.1 Å². The first-order valence-corrected chi connectivity index (χ1v) is 7.62. The highest BCUT2D eigenvalue weighted by Gasteiger charge is 2.18. The van der Waals surface area contributed by atoms with Gasteiger partial charge in [-0.05, 0) is 29.3 Å². The zero-order valence-corrected chi connectivity index (χ0v) is 13.2. The fraction of sp³-hybridized carbons (Fsp3) is 0.150. The van der Waals surface area contributed by atoms with Crippen molar-refractivity contribution >= 4 is 16.7 Å². The van der Waals surface area contributed by atoms with E-state index in [0.29, 0.717) is 11.3 Å². The molecule has 3 rings (SSSR count). The molecule has 0 aromatic heterocycles. The molecule has 0 aliphatic carbocycles. The number of ether oxygens (including phenoxy) is 1. The third-order valence-electron chi connectivity index (χ3n) is 3.98. The van der Waals surface area contributed by atoms with E-state index in [-0.39, 0.29) is 11.9 Å². The van der Waals surface area contributed by atoms with Crippen molar-refractivity contribution in [2.24, 2.45) is 0 Å². The number of amides is 1. The highest BCUT2D eigenvalue weighted by molar-refractivity contribution is 6.09. The van der Waals surface area contributed by atoms with Crippen LogP contribution in [0.3, 0.4) is 0 Å². The Hall–Kier alpha value is -2.81. The SMILES string of the molecule is COc1ccc2ccccc2c1C(=O)N[C@H](C)c1ccccc1. The quantitative estimate of drug-likeness (QED) is 0.778. The molecule has 0 saturated heterocycles. The van der Waals surface area contributed by atoms with Crippen LogP contribution in [0.5, 0.6) is 5.75 Å². The minimum Gasteiger partial charge on any atom is -0.496 e. The summed E-state index contributed by atoms with van der Waals surface area (Å²) in [6.45, 7) is 1.98. The Labute approximate surface area is 135 Å². The summed E-state index contributed by atoms with van der Waals surface area (Å²) in [5, 5.41) is 4.97. The second-order valence-electron chi connectivity index (χ2n) is 5.47. The molecule has 3 nitrogen and oxygen atoms in total. The van der Waals surface area contributed by atoms with E-state index in [9.17, 15) is 4.79 Å². The minimum absolute atomic E-state index is 0.0765. The molecule has 0 heterocycles. The van der Waals surface area contributed by atoms with Crippen LogP contribution in [-0.4, -0.2) is 13.0 Å². The largest absolute Gasteiger partial charge is 0.496 e. The molecule has 0 radical (unpaired) electrons. The van der Waals surface area contributed by atoms with Gasteiger partial charge in [0.05, 0.1) is 18.7 Å². The van der Waals surface area contributed by atoms with Crippen molar-refractivity contribution in [1.82, 2.24) is 5.32 Å². The van der Waals surface area contributed by atoms with Crippen LogP contribution in [0.25, 0.3) is 10.8 Å². The summed E-state index contributed by atoms with van der Waals surface area (Å²) in [5.41, 5.74) is 1.65. The summed E-state index contributed by atoms with van der Waals surface area (Å²) in [5.74, 6) is 0.455. The van der Waals surface area contributed by atoms with E-state index < -0.39 is 0 Å². The number of hydrogen-bond donors (Lipinski definition) is 1. The number of fused-ring (bicyclic) bond motifs is 1. The van der Waals surface area contributed by atoms with Crippen molar-refractivity contribution in [3.8, 4) is 5.75 Å². The van der Waals surface area contributed by atoms with E-state index in [1.54, 1.807) is 7.11 Å². The van der Waals surface area contributed by atoms with E-state index >= 15 is 0 Å². The van der Waals surface area contributed by atoms with Gasteiger partial charge in [-0.15, -0.1) is 0 Å². The van der Waals surface area contributed by atoms with Crippen LogP contribution in [0, 0.1) is 0 Å². The molecular formula is C20H19NO2. The van der Waals surface area contributed by atoms with Crippen LogP contribution in [-0.2, 0) is 0 Å². The van der Waals surface area contributed by atoms with E-state index in [4.69, 9.17) is 4.74 Å². The lowest BCUT2D eigenvalue weighted by atomic mass is 10.0. The third-order valence-corrected chi connectivity index (χ3v) is 3.98. The second kappa shape index (κ2) is 6.53. The van der Waals surface area contributed by atoms with E-state index in [1.807, 2.05) is 73.7 Å². The molecule has 0 aliphatic rings. The van der Waals surface area contributed by atoms with Crippen molar-refractivity contribution < 1.29 is 9.53 Å². The average molecular weight is 305 g/mol. The number of rotatable bonds is 4. The van der Waals surface area contributed by atoms with Gasteiger partial charge in [0, 0.05) is 0 Å². The van der Waals surface area contributed by atoms with Crippen LogP contribution >= 0.6 is 0 Å². The van der Waals surface area contributed by atoms with Gasteiger partial charge in [0.15, 0.2) is 0 Å². The Morgan fingerprint density at radius 3 is 2.39 bits per heavy atom. The monoisotopic (exact) mass is 305 g/mol. The van der Waals surface area contributed by atoms with Gasteiger partial charge in [-0.2, -0.15) is 0 Å². The first-order valence-electron chi connectivity index (χ1n) is 7.62. The Morgan fingerprint density at radius 1 is 0.957 bits per heavy atom. The maximum absolute atomic E-state index is 12.8. The van der Waals surface area contributed by atoms with Crippen LogP contribution in [0.2, 0.25) is 0 Å². The molecule has 3 heteroatoms.